The zero-order valence-corrected chi connectivity index (χ0v) is 31.6. The molecule has 2 aliphatic carbocycles. The molecule has 0 N–H and O–H groups in total. The summed E-state index contributed by atoms with van der Waals surface area (Å²) in [6.07, 6.45) is 8.42. The van der Waals surface area contributed by atoms with Crippen LogP contribution < -0.4 is 23.7 Å². The van der Waals surface area contributed by atoms with Crippen molar-refractivity contribution in [3.63, 3.8) is 0 Å². The van der Waals surface area contributed by atoms with Gasteiger partial charge in [-0.05, 0) is 149 Å². The van der Waals surface area contributed by atoms with Crippen molar-refractivity contribution in [3.05, 3.63) is 112 Å². The molecule has 4 aromatic carbocycles. The quantitative estimate of drug-likeness (QED) is 0.124. The molecular formula is C46H49FO8. The molecule has 2 fully saturated rings. The lowest BCUT2D eigenvalue weighted by Gasteiger charge is -2.31. The van der Waals surface area contributed by atoms with E-state index >= 15 is 0 Å². The number of rotatable bonds is 9. The lowest BCUT2D eigenvalue weighted by molar-refractivity contribution is -0.167. The van der Waals surface area contributed by atoms with Crippen LogP contribution in [0.3, 0.4) is 0 Å². The molecule has 8 rings (SSSR count). The molecule has 0 spiro atoms. The number of esters is 2. The van der Waals surface area contributed by atoms with E-state index in [4.69, 9.17) is 28.4 Å². The zero-order valence-electron chi connectivity index (χ0n) is 31.6. The van der Waals surface area contributed by atoms with Crippen molar-refractivity contribution in [2.45, 2.75) is 108 Å². The van der Waals surface area contributed by atoms with Crippen LogP contribution in [0.15, 0.2) is 78.9 Å². The molecule has 0 bridgehead atoms. The third kappa shape index (κ3) is 8.31. The minimum absolute atomic E-state index is 0.0150. The number of ether oxygens (including phenoxy) is 6. The Kier molecular flexibility index (Phi) is 11.0. The number of methoxy groups -OCH3 is 1. The second-order valence-electron chi connectivity index (χ2n) is 15.5. The van der Waals surface area contributed by atoms with Crippen LogP contribution in [-0.4, -0.2) is 31.3 Å². The highest BCUT2D eigenvalue weighted by Gasteiger charge is 2.34. The van der Waals surface area contributed by atoms with E-state index in [1.54, 1.807) is 6.07 Å². The standard InChI is InChI=1S/C46H49FO8/c1-28-6-3-4-7-37(28)42-22-14-31-26-35(20-24-40(31)53-42)51-33-16-10-29(11-17-33)45(48)55-46(49)30-12-18-34(19-13-30)52-36-21-25-41-32(27-36)15-23-43(54-41)38-8-5-9-39(47)44(38)50-2/h3-9,20-21,24-27,29-30,33-34,42-43H,10-19,22-23H2,1-2H3. The Morgan fingerprint density at radius 1 is 0.618 bits per heavy atom. The first-order valence-corrected chi connectivity index (χ1v) is 19.9. The second kappa shape index (κ2) is 16.4. The van der Waals surface area contributed by atoms with Crippen molar-refractivity contribution in [2.24, 2.45) is 11.8 Å². The topological polar surface area (TPSA) is 89.5 Å². The molecule has 4 aromatic rings. The molecule has 9 heteroatoms. The number of halogens is 1. The number of fused-ring (bicyclic) bond motifs is 2. The van der Waals surface area contributed by atoms with Gasteiger partial charge in [-0.1, -0.05) is 36.4 Å². The SMILES string of the molecule is COc1c(F)cccc1C1CCc2cc(OC3CCC(C(=O)OC(=O)C4CCC(Oc5ccc6c(c5)CCC(c5ccccc5C)O6)CC4)CC3)ccc2O1. The van der Waals surface area contributed by atoms with Crippen molar-refractivity contribution < 1.29 is 42.4 Å². The Bertz CT molecular complexity index is 2010. The van der Waals surface area contributed by atoms with E-state index in [1.807, 2.05) is 36.4 Å². The molecule has 2 saturated carbocycles. The van der Waals surface area contributed by atoms with E-state index in [-0.39, 0.29) is 42.0 Å². The average Bonchev–Trinajstić information content (AvgIpc) is 3.21. The van der Waals surface area contributed by atoms with Crippen molar-refractivity contribution in [1.82, 2.24) is 0 Å². The third-order valence-corrected chi connectivity index (χ3v) is 11.9. The number of carbonyl (C=O) groups excluding carboxylic acids is 2. The van der Waals surface area contributed by atoms with Crippen molar-refractivity contribution in [2.75, 3.05) is 7.11 Å². The summed E-state index contributed by atoms with van der Waals surface area (Å²) < 4.78 is 50.4. The number of hydrogen-bond acceptors (Lipinski definition) is 8. The Morgan fingerprint density at radius 2 is 1.13 bits per heavy atom. The van der Waals surface area contributed by atoms with E-state index in [1.165, 1.54) is 24.3 Å². The average molecular weight is 749 g/mol. The van der Waals surface area contributed by atoms with Gasteiger partial charge in [-0.2, -0.15) is 0 Å². The Balaban J connectivity index is 0.757. The van der Waals surface area contributed by atoms with Gasteiger partial charge in [-0.15, -0.1) is 0 Å². The minimum Gasteiger partial charge on any atom is -0.493 e. The van der Waals surface area contributed by atoms with Gasteiger partial charge < -0.3 is 28.4 Å². The van der Waals surface area contributed by atoms with Crippen molar-refractivity contribution >= 4 is 11.9 Å². The fraction of sp³-hybridized carbons (Fsp3) is 0.435. The number of carbonyl (C=O) groups is 2. The van der Waals surface area contributed by atoms with Gasteiger partial charge in [0.15, 0.2) is 11.6 Å². The molecule has 4 aliphatic rings. The van der Waals surface area contributed by atoms with Crippen LogP contribution in [0.2, 0.25) is 0 Å². The Morgan fingerprint density at radius 3 is 1.65 bits per heavy atom. The smallest absolute Gasteiger partial charge is 0.316 e. The van der Waals surface area contributed by atoms with Gasteiger partial charge in [0.2, 0.25) is 0 Å². The molecule has 0 radical (unpaired) electrons. The maximum atomic E-state index is 14.3. The number of aryl methyl sites for hydroxylation is 3. The summed E-state index contributed by atoms with van der Waals surface area (Å²) in [5, 5.41) is 0. The molecule has 0 saturated heterocycles. The lowest BCUT2D eigenvalue weighted by atomic mass is 9.86. The summed E-state index contributed by atoms with van der Waals surface area (Å²) in [5.74, 6) is 1.65. The maximum Gasteiger partial charge on any atom is 0.316 e. The van der Waals surface area contributed by atoms with Crippen molar-refractivity contribution in [3.8, 4) is 28.7 Å². The van der Waals surface area contributed by atoms with E-state index < -0.39 is 17.8 Å². The fourth-order valence-electron chi connectivity index (χ4n) is 8.74. The van der Waals surface area contributed by atoms with Gasteiger partial charge in [0.25, 0.3) is 0 Å². The molecular weight excluding hydrogens is 699 g/mol. The van der Waals surface area contributed by atoms with Crippen LogP contribution in [-0.2, 0) is 27.2 Å². The first-order valence-electron chi connectivity index (χ1n) is 19.9. The molecule has 2 atom stereocenters. The van der Waals surface area contributed by atoms with Crippen molar-refractivity contribution in [1.29, 1.82) is 0 Å². The zero-order chi connectivity index (χ0) is 37.9. The molecule has 2 unspecified atom stereocenters. The fourth-order valence-corrected chi connectivity index (χ4v) is 8.74. The van der Waals surface area contributed by atoms with Crippen LogP contribution >= 0.6 is 0 Å². The highest BCUT2D eigenvalue weighted by molar-refractivity contribution is 5.88. The highest BCUT2D eigenvalue weighted by atomic mass is 19.1. The summed E-state index contributed by atoms with van der Waals surface area (Å²) >= 11 is 0. The lowest BCUT2D eigenvalue weighted by Crippen LogP contribution is -2.33. The first-order chi connectivity index (χ1) is 26.8. The van der Waals surface area contributed by atoms with Gasteiger partial charge in [-0.3, -0.25) is 9.59 Å². The third-order valence-electron chi connectivity index (χ3n) is 11.9. The van der Waals surface area contributed by atoms with Gasteiger partial charge in [0, 0.05) is 5.56 Å². The molecule has 55 heavy (non-hydrogen) atoms. The first kappa shape index (κ1) is 36.9. The predicted molar refractivity (Wildman–Crippen MR) is 204 cm³/mol. The monoisotopic (exact) mass is 748 g/mol. The summed E-state index contributed by atoms with van der Waals surface area (Å²) in [6, 6.07) is 25.2. The van der Waals surface area contributed by atoms with Gasteiger partial charge in [0.1, 0.15) is 35.2 Å². The molecule has 0 aromatic heterocycles. The summed E-state index contributed by atoms with van der Waals surface area (Å²) in [6.45, 7) is 2.13. The van der Waals surface area contributed by atoms with Crippen LogP contribution in [0.4, 0.5) is 4.39 Å². The van der Waals surface area contributed by atoms with E-state index in [0.29, 0.717) is 50.5 Å². The van der Waals surface area contributed by atoms with Crippen LogP contribution in [0, 0.1) is 24.6 Å². The van der Waals surface area contributed by atoms with Gasteiger partial charge in [-0.25, -0.2) is 4.39 Å². The van der Waals surface area contributed by atoms with Crippen LogP contribution in [0.5, 0.6) is 28.7 Å². The number of benzene rings is 4. The van der Waals surface area contributed by atoms with Gasteiger partial charge in [0.05, 0.1) is 31.2 Å². The normalized spacial score (nSPS) is 24.6. The number of hydrogen-bond donors (Lipinski definition) is 0. The Labute approximate surface area is 322 Å². The summed E-state index contributed by atoms with van der Waals surface area (Å²) in [7, 11) is 1.47. The molecule has 8 nitrogen and oxygen atoms in total. The number of para-hydroxylation sites is 1. The summed E-state index contributed by atoms with van der Waals surface area (Å²) in [4.78, 5) is 26.1. The predicted octanol–water partition coefficient (Wildman–Crippen LogP) is 9.92. The summed E-state index contributed by atoms with van der Waals surface area (Å²) in [5.41, 5.74) is 5.39. The Hall–Kier alpha value is -5.05. The second-order valence-corrected chi connectivity index (χ2v) is 15.5. The molecule has 2 heterocycles. The highest BCUT2D eigenvalue weighted by Crippen LogP contribution is 2.42. The maximum absolute atomic E-state index is 14.3. The minimum atomic E-state index is -0.418. The molecule has 2 aliphatic heterocycles. The van der Waals surface area contributed by atoms with E-state index in [2.05, 4.69) is 37.3 Å². The van der Waals surface area contributed by atoms with E-state index in [0.717, 1.165) is 66.2 Å². The largest absolute Gasteiger partial charge is 0.493 e. The molecule has 288 valence electrons. The van der Waals surface area contributed by atoms with Crippen LogP contribution in [0.1, 0.15) is 104 Å². The van der Waals surface area contributed by atoms with E-state index in [9.17, 15) is 14.0 Å². The van der Waals surface area contributed by atoms with Crippen LogP contribution in [0.25, 0.3) is 0 Å². The van der Waals surface area contributed by atoms with Gasteiger partial charge >= 0.3 is 11.9 Å². The molecule has 0 amide bonds.